The Morgan fingerprint density at radius 1 is 1.29 bits per heavy atom. The maximum Gasteiger partial charge on any atom is 0.232 e. The highest BCUT2D eigenvalue weighted by Crippen LogP contribution is 2.32. The van der Waals surface area contributed by atoms with Crippen LogP contribution in [0.5, 0.6) is 0 Å². The van der Waals surface area contributed by atoms with Crippen LogP contribution in [0.1, 0.15) is 64.2 Å². The molecule has 1 saturated carbocycles. The Bertz CT molecular complexity index is 596. The maximum atomic E-state index is 5.30. The van der Waals surface area contributed by atoms with E-state index in [9.17, 15) is 0 Å². The highest BCUT2D eigenvalue weighted by Gasteiger charge is 2.24. The second-order valence-electron chi connectivity index (χ2n) is 6.40. The summed E-state index contributed by atoms with van der Waals surface area (Å²) in [6.07, 6.45) is 4.84. The van der Waals surface area contributed by atoms with Gasteiger partial charge in [-0.3, -0.25) is 0 Å². The summed E-state index contributed by atoms with van der Waals surface area (Å²) >= 11 is 1.56. The summed E-state index contributed by atoms with van der Waals surface area (Å²) in [5, 5.41) is 16.9. The zero-order chi connectivity index (χ0) is 14.9. The van der Waals surface area contributed by atoms with Gasteiger partial charge < -0.3 is 4.52 Å². The zero-order valence-corrected chi connectivity index (χ0v) is 13.4. The van der Waals surface area contributed by atoms with E-state index in [1.165, 1.54) is 12.8 Å². The summed E-state index contributed by atoms with van der Waals surface area (Å²) in [6, 6.07) is 0.443. The molecule has 0 aromatic carbocycles. The van der Waals surface area contributed by atoms with Gasteiger partial charge in [0.05, 0.1) is 11.8 Å². The molecule has 7 nitrogen and oxygen atoms in total. The van der Waals surface area contributed by atoms with Gasteiger partial charge in [0, 0.05) is 5.41 Å². The molecule has 0 aliphatic heterocycles. The molecule has 1 aliphatic rings. The fraction of sp³-hybridized carbons (Fsp3) is 0.769. The van der Waals surface area contributed by atoms with Crippen molar-refractivity contribution in [3.8, 4) is 0 Å². The van der Waals surface area contributed by atoms with Gasteiger partial charge in [-0.1, -0.05) is 50.5 Å². The van der Waals surface area contributed by atoms with Crippen LogP contribution in [0.25, 0.3) is 0 Å². The molecule has 2 heterocycles. The van der Waals surface area contributed by atoms with Crippen LogP contribution in [0.3, 0.4) is 0 Å². The molecule has 1 fully saturated rings. The first-order valence-corrected chi connectivity index (χ1v) is 8.26. The molecule has 8 heteroatoms. The second-order valence-corrected chi connectivity index (χ2v) is 7.34. The normalized spacial score (nSPS) is 16.7. The maximum absolute atomic E-state index is 5.30. The average Bonchev–Trinajstić information content (AvgIpc) is 3.16. The van der Waals surface area contributed by atoms with E-state index in [0.29, 0.717) is 23.5 Å². The first-order valence-electron chi connectivity index (χ1n) is 7.28. The molecule has 21 heavy (non-hydrogen) atoms. The summed E-state index contributed by atoms with van der Waals surface area (Å²) in [5.41, 5.74) is -0.124. The molecule has 0 unspecified atom stereocenters. The van der Waals surface area contributed by atoms with Crippen LogP contribution >= 0.6 is 11.8 Å². The Balaban J connectivity index is 1.65. The van der Waals surface area contributed by atoms with Crippen molar-refractivity contribution < 1.29 is 4.52 Å². The summed E-state index contributed by atoms with van der Waals surface area (Å²) in [7, 11) is 0. The van der Waals surface area contributed by atoms with E-state index in [-0.39, 0.29) is 5.41 Å². The van der Waals surface area contributed by atoms with Gasteiger partial charge in [-0.25, -0.2) is 4.68 Å². The predicted molar refractivity (Wildman–Crippen MR) is 77.9 cm³/mol. The molecule has 2 aromatic rings. The molecule has 0 bridgehead atoms. The van der Waals surface area contributed by atoms with Crippen molar-refractivity contribution in [2.45, 2.75) is 68.8 Å². The molecular weight excluding hydrogens is 288 g/mol. The monoisotopic (exact) mass is 308 g/mol. The number of nitrogens with zero attached hydrogens (tertiary/aromatic N) is 6. The van der Waals surface area contributed by atoms with Gasteiger partial charge >= 0.3 is 0 Å². The average molecular weight is 308 g/mol. The fourth-order valence-electron chi connectivity index (χ4n) is 2.40. The highest BCUT2D eigenvalue weighted by molar-refractivity contribution is 7.98. The molecular formula is C13H20N6OS. The number of thioether (sulfide) groups is 1. The Kier molecular flexibility index (Phi) is 3.97. The summed E-state index contributed by atoms with van der Waals surface area (Å²) in [4.78, 5) is 4.43. The van der Waals surface area contributed by atoms with E-state index in [1.807, 2.05) is 4.68 Å². The lowest BCUT2D eigenvalue weighted by atomic mass is 9.97. The lowest BCUT2D eigenvalue weighted by Crippen LogP contribution is -2.11. The number of hydrogen-bond donors (Lipinski definition) is 0. The summed E-state index contributed by atoms with van der Waals surface area (Å²) < 4.78 is 7.24. The lowest BCUT2D eigenvalue weighted by Gasteiger charge is -2.10. The standard InChI is InChI=1S/C13H20N6OS/c1-13(2,3)11-14-10(16-20-11)8-21-12-15-17-18-19(12)9-6-4-5-7-9/h9H,4-8H2,1-3H3. The molecule has 2 aromatic heterocycles. The second kappa shape index (κ2) is 5.75. The first-order chi connectivity index (χ1) is 10.0. The molecule has 0 saturated heterocycles. The fourth-order valence-corrected chi connectivity index (χ4v) is 3.19. The minimum absolute atomic E-state index is 0.124. The highest BCUT2D eigenvalue weighted by atomic mass is 32.2. The Labute approximate surface area is 127 Å². The van der Waals surface area contributed by atoms with Crippen molar-refractivity contribution in [1.82, 2.24) is 30.3 Å². The third-order valence-corrected chi connectivity index (χ3v) is 4.50. The number of rotatable bonds is 4. The van der Waals surface area contributed by atoms with Crippen LogP contribution in [0.4, 0.5) is 0 Å². The van der Waals surface area contributed by atoms with Gasteiger partial charge in [0.25, 0.3) is 0 Å². The van der Waals surface area contributed by atoms with Gasteiger partial charge in [0.2, 0.25) is 11.0 Å². The molecule has 0 N–H and O–H groups in total. The SMILES string of the molecule is CC(C)(C)c1nc(CSc2nnnn2C2CCCC2)no1. The van der Waals surface area contributed by atoms with E-state index in [1.54, 1.807) is 11.8 Å². The molecule has 3 rings (SSSR count). The van der Waals surface area contributed by atoms with Crippen molar-refractivity contribution >= 4 is 11.8 Å². The third-order valence-electron chi connectivity index (χ3n) is 3.57. The molecule has 0 atom stereocenters. The van der Waals surface area contributed by atoms with Crippen LogP contribution in [-0.2, 0) is 11.2 Å². The minimum atomic E-state index is -0.124. The van der Waals surface area contributed by atoms with Crippen molar-refractivity contribution in [1.29, 1.82) is 0 Å². The predicted octanol–water partition coefficient (Wildman–Crippen LogP) is 2.76. The van der Waals surface area contributed by atoms with Crippen LogP contribution in [0, 0.1) is 0 Å². The van der Waals surface area contributed by atoms with E-state index >= 15 is 0 Å². The van der Waals surface area contributed by atoms with Crippen molar-refractivity contribution in [3.63, 3.8) is 0 Å². The quantitative estimate of drug-likeness (QED) is 0.803. The van der Waals surface area contributed by atoms with Crippen LogP contribution in [0.2, 0.25) is 0 Å². The van der Waals surface area contributed by atoms with Gasteiger partial charge in [-0.15, -0.1) is 5.10 Å². The van der Waals surface area contributed by atoms with Crippen LogP contribution in [-0.4, -0.2) is 30.3 Å². The van der Waals surface area contributed by atoms with E-state index in [4.69, 9.17) is 4.52 Å². The minimum Gasteiger partial charge on any atom is -0.339 e. The van der Waals surface area contributed by atoms with Gasteiger partial charge in [-0.2, -0.15) is 4.98 Å². The van der Waals surface area contributed by atoms with Gasteiger partial charge in [-0.05, 0) is 23.3 Å². The van der Waals surface area contributed by atoms with Gasteiger partial charge in [0.1, 0.15) is 0 Å². The number of aromatic nitrogens is 6. The van der Waals surface area contributed by atoms with Crippen LogP contribution in [0.15, 0.2) is 9.68 Å². The Hall–Kier alpha value is -1.44. The largest absolute Gasteiger partial charge is 0.339 e. The van der Waals surface area contributed by atoms with E-state index < -0.39 is 0 Å². The summed E-state index contributed by atoms with van der Waals surface area (Å²) in [6.45, 7) is 6.16. The van der Waals surface area contributed by atoms with Gasteiger partial charge in [0.15, 0.2) is 5.82 Å². The van der Waals surface area contributed by atoms with Crippen LogP contribution < -0.4 is 0 Å². The summed E-state index contributed by atoms with van der Waals surface area (Å²) in [5.74, 6) is 1.96. The topological polar surface area (TPSA) is 82.5 Å². The smallest absolute Gasteiger partial charge is 0.232 e. The van der Waals surface area contributed by atoms with Crippen molar-refractivity contribution in [2.24, 2.45) is 0 Å². The molecule has 114 valence electrons. The third kappa shape index (κ3) is 3.25. The molecule has 0 spiro atoms. The Morgan fingerprint density at radius 2 is 2.05 bits per heavy atom. The zero-order valence-electron chi connectivity index (χ0n) is 12.6. The lowest BCUT2D eigenvalue weighted by molar-refractivity contribution is 0.319. The molecule has 0 radical (unpaired) electrons. The van der Waals surface area contributed by atoms with E-state index in [0.717, 1.165) is 18.0 Å². The Morgan fingerprint density at radius 3 is 2.71 bits per heavy atom. The molecule has 1 aliphatic carbocycles. The first kappa shape index (κ1) is 14.5. The van der Waals surface area contributed by atoms with Crippen molar-refractivity contribution in [3.05, 3.63) is 11.7 Å². The number of hydrogen-bond acceptors (Lipinski definition) is 7. The van der Waals surface area contributed by atoms with Crippen molar-refractivity contribution in [2.75, 3.05) is 0 Å². The van der Waals surface area contributed by atoms with E-state index in [2.05, 4.69) is 46.4 Å². The molecule has 0 amide bonds. The number of tetrazole rings is 1.